The van der Waals surface area contributed by atoms with Crippen LogP contribution < -0.4 is 5.32 Å². The van der Waals surface area contributed by atoms with E-state index in [1.165, 1.54) is 25.0 Å². The molecule has 1 heterocycles. The summed E-state index contributed by atoms with van der Waals surface area (Å²) in [6.45, 7) is 9.20. The Morgan fingerprint density at radius 3 is 2.75 bits per heavy atom. The molecule has 24 heavy (non-hydrogen) atoms. The summed E-state index contributed by atoms with van der Waals surface area (Å²) < 4.78 is 0. The van der Waals surface area contributed by atoms with E-state index in [1.54, 1.807) is 0 Å². The summed E-state index contributed by atoms with van der Waals surface area (Å²) in [6.07, 6.45) is 8.66. The molecule has 0 aromatic carbocycles. The Balaban J connectivity index is 1.68. The van der Waals surface area contributed by atoms with Crippen molar-refractivity contribution in [1.82, 2.24) is 5.32 Å². The molecule has 4 rings (SSSR count). The third-order valence-electron chi connectivity index (χ3n) is 8.57. The Labute approximate surface area is 146 Å². The van der Waals surface area contributed by atoms with Crippen LogP contribution in [0.3, 0.4) is 0 Å². The smallest absolute Gasteiger partial charge is 0.224 e. The minimum Gasteiger partial charge on any atom is -0.393 e. The lowest BCUT2D eigenvalue weighted by Crippen LogP contribution is -2.53. The minimum atomic E-state index is -0.203. The SMILES string of the molecule is CC(O)[C@H]1[C@H](C)C[C@H]2[C@@H]3CC=C4NC(=O)CC[C@]4(C)[C@H]3CC[C@@]21C. The van der Waals surface area contributed by atoms with Gasteiger partial charge in [-0.2, -0.15) is 0 Å². The number of carbonyl (C=O) groups is 1. The Morgan fingerprint density at radius 1 is 1.29 bits per heavy atom. The van der Waals surface area contributed by atoms with Crippen LogP contribution in [0, 0.1) is 40.4 Å². The molecule has 0 aromatic rings. The van der Waals surface area contributed by atoms with Crippen LogP contribution in [0.5, 0.6) is 0 Å². The molecule has 0 spiro atoms. The lowest BCUT2D eigenvalue weighted by Gasteiger charge is -2.57. The molecule has 1 amide bonds. The highest BCUT2D eigenvalue weighted by Gasteiger charge is 2.61. The third kappa shape index (κ3) is 2.09. The molecule has 2 N–H and O–H groups in total. The van der Waals surface area contributed by atoms with E-state index >= 15 is 0 Å². The van der Waals surface area contributed by atoms with Gasteiger partial charge in [0, 0.05) is 17.5 Å². The molecule has 0 bridgehead atoms. The van der Waals surface area contributed by atoms with Gasteiger partial charge in [-0.05, 0) is 74.0 Å². The minimum absolute atomic E-state index is 0.157. The first kappa shape index (κ1) is 16.6. The van der Waals surface area contributed by atoms with Crippen LogP contribution in [0.15, 0.2) is 11.8 Å². The van der Waals surface area contributed by atoms with E-state index in [-0.39, 0.29) is 22.8 Å². The van der Waals surface area contributed by atoms with Crippen LogP contribution in [0.2, 0.25) is 0 Å². The molecule has 8 atom stereocenters. The summed E-state index contributed by atoms with van der Waals surface area (Å²) in [5, 5.41) is 13.6. The summed E-state index contributed by atoms with van der Waals surface area (Å²) in [6, 6.07) is 0. The van der Waals surface area contributed by atoms with E-state index in [9.17, 15) is 9.90 Å². The maximum absolute atomic E-state index is 11.8. The van der Waals surface area contributed by atoms with Gasteiger partial charge in [-0.15, -0.1) is 0 Å². The first-order chi connectivity index (χ1) is 11.3. The molecule has 3 nitrogen and oxygen atoms in total. The van der Waals surface area contributed by atoms with Crippen LogP contribution in [-0.4, -0.2) is 17.1 Å². The van der Waals surface area contributed by atoms with Gasteiger partial charge in [0.25, 0.3) is 0 Å². The van der Waals surface area contributed by atoms with Crippen LogP contribution in [0.4, 0.5) is 0 Å². The average molecular weight is 332 g/mol. The van der Waals surface area contributed by atoms with Crippen molar-refractivity contribution in [2.24, 2.45) is 40.4 Å². The van der Waals surface area contributed by atoms with Gasteiger partial charge in [0.15, 0.2) is 0 Å². The summed E-state index contributed by atoms with van der Waals surface area (Å²) in [4.78, 5) is 11.8. The van der Waals surface area contributed by atoms with Gasteiger partial charge < -0.3 is 10.4 Å². The molecular weight excluding hydrogens is 298 g/mol. The maximum atomic E-state index is 11.8. The van der Waals surface area contributed by atoms with Gasteiger partial charge >= 0.3 is 0 Å². The second-order valence-corrected chi connectivity index (χ2v) is 9.72. The van der Waals surface area contributed by atoms with Crippen molar-refractivity contribution in [3.8, 4) is 0 Å². The lowest BCUT2D eigenvalue weighted by atomic mass is 9.49. The van der Waals surface area contributed by atoms with Gasteiger partial charge in [-0.1, -0.05) is 26.8 Å². The molecule has 1 aliphatic heterocycles. The summed E-state index contributed by atoms with van der Waals surface area (Å²) in [5.74, 6) is 3.38. The van der Waals surface area contributed by atoms with E-state index < -0.39 is 0 Å². The number of aliphatic hydroxyl groups excluding tert-OH is 1. The maximum Gasteiger partial charge on any atom is 0.224 e. The van der Waals surface area contributed by atoms with Crippen molar-refractivity contribution >= 4 is 5.91 Å². The Bertz CT molecular complexity index is 582. The number of amides is 1. The number of fused-ring (bicyclic) bond motifs is 5. The predicted octanol–water partition coefficient (Wildman–Crippen LogP) is 3.88. The van der Waals surface area contributed by atoms with E-state index in [1.807, 2.05) is 6.92 Å². The van der Waals surface area contributed by atoms with E-state index in [2.05, 4.69) is 32.2 Å². The quantitative estimate of drug-likeness (QED) is 0.766. The third-order valence-corrected chi connectivity index (χ3v) is 8.57. The van der Waals surface area contributed by atoms with Crippen molar-refractivity contribution in [1.29, 1.82) is 0 Å². The highest BCUT2D eigenvalue weighted by molar-refractivity contribution is 5.79. The van der Waals surface area contributed by atoms with Crippen molar-refractivity contribution < 1.29 is 9.90 Å². The number of rotatable bonds is 1. The second kappa shape index (κ2) is 5.33. The Hall–Kier alpha value is -0.830. The van der Waals surface area contributed by atoms with E-state index in [4.69, 9.17) is 0 Å². The Morgan fingerprint density at radius 2 is 2.04 bits per heavy atom. The van der Waals surface area contributed by atoms with Crippen molar-refractivity contribution in [3.63, 3.8) is 0 Å². The molecule has 2 saturated carbocycles. The summed E-state index contributed by atoms with van der Waals surface area (Å²) >= 11 is 0. The number of carbonyl (C=O) groups excluding carboxylic acids is 1. The summed E-state index contributed by atoms with van der Waals surface area (Å²) in [7, 11) is 0. The van der Waals surface area contributed by atoms with Gasteiger partial charge in [0.1, 0.15) is 0 Å². The van der Waals surface area contributed by atoms with Crippen LogP contribution in [0.25, 0.3) is 0 Å². The first-order valence-electron chi connectivity index (χ1n) is 9.96. The molecule has 0 aromatic heterocycles. The number of aliphatic hydroxyl groups is 1. The standard InChI is InChI=1S/C21H33NO2/c1-12-11-16-14-5-6-17-20(3,10-8-18(24)22-17)15(14)7-9-21(16,4)19(12)13(2)23/h6,12-16,19,23H,5,7-11H2,1-4H3,(H,22,24)/t12-,13?,14-,15+,16+,19-,20-,21+/m1/s1. The molecule has 3 aliphatic carbocycles. The van der Waals surface area contributed by atoms with Crippen molar-refractivity contribution in [2.75, 3.05) is 0 Å². The number of hydrogen-bond acceptors (Lipinski definition) is 2. The van der Waals surface area contributed by atoms with Gasteiger partial charge in [0.2, 0.25) is 5.91 Å². The average Bonchev–Trinajstić information content (AvgIpc) is 2.78. The molecular formula is C21H33NO2. The summed E-state index contributed by atoms with van der Waals surface area (Å²) in [5.41, 5.74) is 1.65. The number of allylic oxidation sites excluding steroid dienone is 2. The predicted molar refractivity (Wildman–Crippen MR) is 94.9 cm³/mol. The fourth-order valence-corrected chi connectivity index (χ4v) is 7.62. The zero-order valence-electron chi connectivity index (χ0n) is 15.6. The van der Waals surface area contributed by atoms with Gasteiger partial charge in [0.05, 0.1) is 6.10 Å². The fraction of sp³-hybridized carbons (Fsp3) is 0.857. The van der Waals surface area contributed by atoms with Crippen LogP contribution in [0.1, 0.15) is 66.2 Å². The largest absolute Gasteiger partial charge is 0.393 e. The zero-order valence-corrected chi connectivity index (χ0v) is 15.6. The highest BCUT2D eigenvalue weighted by Crippen LogP contribution is 2.66. The molecule has 1 saturated heterocycles. The number of hydrogen-bond donors (Lipinski definition) is 2. The fourth-order valence-electron chi connectivity index (χ4n) is 7.62. The lowest BCUT2D eigenvalue weighted by molar-refractivity contribution is -0.125. The molecule has 0 radical (unpaired) electrons. The molecule has 3 heteroatoms. The topological polar surface area (TPSA) is 49.3 Å². The van der Waals surface area contributed by atoms with Crippen LogP contribution in [-0.2, 0) is 4.79 Å². The normalized spacial score (nSPS) is 51.8. The second-order valence-electron chi connectivity index (χ2n) is 9.72. The highest BCUT2D eigenvalue weighted by atomic mass is 16.3. The van der Waals surface area contributed by atoms with Crippen molar-refractivity contribution in [3.05, 3.63) is 11.8 Å². The van der Waals surface area contributed by atoms with Gasteiger partial charge in [-0.3, -0.25) is 4.79 Å². The Kier molecular flexibility index (Phi) is 3.69. The van der Waals surface area contributed by atoms with Gasteiger partial charge in [-0.25, -0.2) is 0 Å². The molecule has 4 aliphatic rings. The van der Waals surface area contributed by atoms with Crippen molar-refractivity contribution in [2.45, 2.75) is 72.3 Å². The molecule has 1 unspecified atom stereocenters. The van der Waals surface area contributed by atoms with E-state index in [0.717, 1.165) is 24.7 Å². The molecule has 134 valence electrons. The zero-order chi connectivity index (χ0) is 17.3. The monoisotopic (exact) mass is 331 g/mol. The van der Waals surface area contributed by atoms with E-state index in [0.29, 0.717) is 24.2 Å². The van der Waals surface area contributed by atoms with Crippen LogP contribution >= 0.6 is 0 Å². The number of nitrogens with one attached hydrogen (secondary N) is 1. The number of piperidine rings is 1. The first-order valence-corrected chi connectivity index (χ1v) is 9.96. The molecule has 3 fully saturated rings.